The van der Waals surface area contributed by atoms with Crippen molar-refractivity contribution in [2.45, 2.75) is 78.1 Å². The maximum absolute atomic E-state index is 8.80. The first-order valence-corrected chi connectivity index (χ1v) is 5.94. The van der Waals surface area contributed by atoms with Crippen molar-refractivity contribution in [2.24, 2.45) is 0 Å². The van der Waals surface area contributed by atoms with Gasteiger partial charge in [-0.3, -0.25) is 5.26 Å². The van der Waals surface area contributed by atoms with Gasteiger partial charge in [-0.25, -0.2) is 14.7 Å². The largest absolute Gasteiger partial charge is 0.251 e. The molecule has 0 spiro atoms. The summed E-state index contributed by atoms with van der Waals surface area (Å²) in [6.07, 6.45) is 3.27. The molecule has 0 rings (SSSR count). The minimum Gasteiger partial charge on any atom is -0.251 e. The van der Waals surface area contributed by atoms with Crippen LogP contribution in [0.5, 0.6) is 0 Å². The summed E-state index contributed by atoms with van der Waals surface area (Å²) < 4.78 is 0. The number of hydrogen-bond donors (Lipinski definition) is 1. The molecule has 0 fully saturated rings. The van der Waals surface area contributed by atoms with Gasteiger partial charge in [0.1, 0.15) is 11.2 Å². The molecule has 0 heterocycles. The van der Waals surface area contributed by atoms with Gasteiger partial charge in [-0.1, -0.05) is 19.8 Å². The normalized spacial score (nSPS) is 15.2. The lowest BCUT2D eigenvalue weighted by Crippen LogP contribution is -2.49. The lowest BCUT2D eigenvalue weighted by atomic mass is 9.90. The summed E-state index contributed by atoms with van der Waals surface area (Å²) in [4.78, 5) is 15.1. The average Bonchev–Trinajstić information content (AvgIpc) is 2.23. The molecule has 0 saturated heterocycles. The summed E-state index contributed by atoms with van der Waals surface area (Å²) in [6, 6.07) is 0. The van der Waals surface area contributed by atoms with Gasteiger partial charge in [0.2, 0.25) is 0 Å². The smallest absolute Gasteiger partial charge is 0.129 e. The minimum absolute atomic E-state index is 0.0497. The minimum atomic E-state index is -0.822. The van der Waals surface area contributed by atoms with Crippen LogP contribution in [-0.2, 0) is 14.7 Å². The summed E-state index contributed by atoms with van der Waals surface area (Å²) >= 11 is 0. The summed E-state index contributed by atoms with van der Waals surface area (Å²) in [5.74, 6) is 0. The summed E-state index contributed by atoms with van der Waals surface area (Å²) in [7, 11) is 0. The van der Waals surface area contributed by atoms with E-state index in [1.165, 1.54) is 0 Å². The Balaban J connectivity index is 4.08. The van der Waals surface area contributed by atoms with Crippen molar-refractivity contribution in [3.8, 4) is 0 Å². The Labute approximate surface area is 98.7 Å². The molecular weight excluding hydrogens is 208 g/mol. The van der Waals surface area contributed by atoms with Crippen molar-refractivity contribution in [3.05, 3.63) is 0 Å². The third-order valence-corrected chi connectivity index (χ3v) is 3.06. The van der Waals surface area contributed by atoms with Gasteiger partial charge in [-0.05, 0) is 41.0 Å². The highest BCUT2D eigenvalue weighted by Gasteiger charge is 2.41. The molecule has 0 saturated carbocycles. The molecule has 0 aromatic carbocycles. The van der Waals surface area contributed by atoms with Gasteiger partial charge in [-0.2, -0.15) is 0 Å². The monoisotopic (exact) mass is 234 g/mol. The second-order valence-electron chi connectivity index (χ2n) is 5.24. The van der Waals surface area contributed by atoms with Crippen LogP contribution in [0.3, 0.4) is 0 Å². The van der Waals surface area contributed by atoms with Gasteiger partial charge in [0.05, 0.1) is 6.10 Å². The molecule has 16 heavy (non-hydrogen) atoms. The first-order chi connectivity index (χ1) is 7.27. The highest BCUT2D eigenvalue weighted by Crippen LogP contribution is 2.29. The van der Waals surface area contributed by atoms with E-state index >= 15 is 0 Å². The van der Waals surface area contributed by atoms with Crippen LogP contribution in [0, 0.1) is 0 Å². The Kier molecular flexibility index (Phi) is 6.48. The van der Waals surface area contributed by atoms with Crippen molar-refractivity contribution in [1.29, 1.82) is 0 Å². The standard InChI is InChI=1S/C12H26O4/c1-7-8-9-10(2)14-16-12(5,6)11(3,4)15-13/h10,13H,7-9H2,1-6H3. The van der Waals surface area contributed by atoms with Gasteiger partial charge in [0.15, 0.2) is 0 Å². The van der Waals surface area contributed by atoms with Crippen molar-refractivity contribution in [2.75, 3.05) is 0 Å². The fraction of sp³-hybridized carbons (Fsp3) is 1.00. The maximum Gasteiger partial charge on any atom is 0.129 e. The van der Waals surface area contributed by atoms with Gasteiger partial charge < -0.3 is 0 Å². The van der Waals surface area contributed by atoms with Crippen LogP contribution >= 0.6 is 0 Å². The Hall–Kier alpha value is -0.160. The number of unbranched alkanes of at least 4 members (excludes halogenated alkanes) is 1. The molecule has 0 aliphatic rings. The zero-order chi connectivity index (χ0) is 12.8. The van der Waals surface area contributed by atoms with Gasteiger partial charge in [-0.15, -0.1) is 0 Å². The molecule has 1 N–H and O–H groups in total. The van der Waals surface area contributed by atoms with Crippen molar-refractivity contribution in [1.82, 2.24) is 0 Å². The van der Waals surface area contributed by atoms with E-state index in [0.717, 1.165) is 19.3 Å². The highest BCUT2D eigenvalue weighted by molar-refractivity contribution is 4.87. The van der Waals surface area contributed by atoms with Crippen LogP contribution in [0.4, 0.5) is 0 Å². The van der Waals surface area contributed by atoms with Crippen molar-refractivity contribution < 1.29 is 19.9 Å². The quantitative estimate of drug-likeness (QED) is 0.515. The second kappa shape index (κ2) is 6.55. The first-order valence-electron chi connectivity index (χ1n) is 5.94. The fourth-order valence-corrected chi connectivity index (χ4v) is 0.952. The molecule has 4 heteroatoms. The lowest BCUT2D eigenvalue weighted by molar-refractivity contribution is -0.438. The summed E-state index contributed by atoms with van der Waals surface area (Å²) in [5.41, 5.74) is -1.54. The van der Waals surface area contributed by atoms with E-state index in [2.05, 4.69) is 11.8 Å². The van der Waals surface area contributed by atoms with E-state index in [1.54, 1.807) is 13.8 Å². The van der Waals surface area contributed by atoms with Crippen molar-refractivity contribution >= 4 is 0 Å². The second-order valence-corrected chi connectivity index (χ2v) is 5.24. The molecule has 1 atom stereocenters. The molecule has 0 radical (unpaired) electrons. The first kappa shape index (κ1) is 15.8. The Morgan fingerprint density at radius 1 is 1.12 bits per heavy atom. The molecule has 0 aliphatic carbocycles. The predicted molar refractivity (Wildman–Crippen MR) is 63.0 cm³/mol. The lowest BCUT2D eigenvalue weighted by Gasteiger charge is -2.37. The zero-order valence-electron chi connectivity index (χ0n) is 11.4. The Morgan fingerprint density at radius 2 is 1.69 bits per heavy atom. The van der Waals surface area contributed by atoms with E-state index in [-0.39, 0.29) is 6.10 Å². The molecule has 1 unspecified atom stereocenters. The van der Waals surface area contributed by atoms with E-state index < -0.39 is 11.2 Å². The molecule has 4 nitrogen and oxygen atoms in total. The zero-order valence-corrected chi connectivity index (χ0v) is 11.4. The van der Waals surface area contributed by atoms with E-state index in [1.807, 2.05) is 20.8 Å². The van der Waals surface area contributed by atoms with Crippen LogP contribution in [-0.4, -0.2) is 22.6 Å². The number of rotatable bonds is 8. The SMILES string of the molecule is CCCCC(C)OOC(C)(C)C(C)(C)OO. The third-order valence-electron chi connectivity index (χ3n) is 3.06. The molecular formula is C12H26O4. The summed E-state index contributed by atoms with van der Waals surface area (Å²) in [5, 5.41) is 8.80. The van der Waals surface area contributed by atoms with Crippen LogP contribution in [0.15, 0.2) is 0 Å². The van der Waals surface area contributed by atoms with Gasteiger partial charge >= 0.3 is 0 Å². The van der Waals surface area contributed by atoms with Crippen LogP contribution in [0.1, 0.15) is 60.8 Å². The van der Waals surface area contributed by atoms with Crippen molar-refractivity contribution in [3.63, 3.8) is 0 Å². The Morgan fingerprint density at radius 3 is 2.12 bits per heavy atom. The molecule has 0 bridgehead atoms. The topological polar surface area (TPSA) is 47.9 Å². The van der Waals surface area contributed by atoms with E-state index in [4.69, 9.17) is 15.0 Å². The third kappa shape index (κ3) is 4.78. The summed E-state index contributed by atoms with van der Waals surface area (Å²) in [6.45, 7) is 11.2. The fourth-order valence-electron chi connectivity index (χ4n) is 0.952. The molecule has 0 aromatic heterocycles. The van der Waals surface area contributed by atoms with Gasteiger partial charge in [0, 0.05) is 0 Å². The molecule has 98 valence electrons. The van der Waals surface area contributed by atoms with Crippen LogP contribution in [0.2, 0.25) is 0 Å². The van der Waals surface area contributed by atoms with E-state index in [0.29, 0.717) is 0 Å². The average molecular weight is 234 g/mol. The van der Waals surface area contributed by atoms with Crippen LogP contribution < -0.4 is 0 Å². The van der Waals surface area contributed by atoms with E-state index in [9.17, 15) is 0 Å². The molecule has 0 aliphatic heterocycles. The van der Waals surface area contributed by atoms with Gasteiger partial charge in [0.25, 0.3) is 0 Å². The Bertz CT molecular complexity index is 189. The molecule has 0 amide bonds. The highest BCUT2D eigenvalue weighted by atomic mass is 17.2. The van der Waals surface area contributed by atoms with Crippen LogP contribution in [0.25, 0.3) is 0 Å². The number of hydrogen-bond acceptors (Lipinski definition) is 4. The predicted octanol–water partition coefficient (Wildman–Crippen LogP) is 3.56. The molecule has 0 aromatic rings. The maximum atomic E-state index is 8.80.